The van der Waals surface area contributed by atoms with E-state index in [1.165, 1.54) is 11.1 Å². The van der Waals surface area contributed by atoms with Gasteiger partial charge in [-0.05, 0) is 38.5 Å². The lowest BCUT2D eigenvalue weighted by molar-refractivity contribution is 0.0745. The Labute approximate surface area is 184 Å². The molecule has 0 unspecified atom stereocenters. The minimum atomic E-state index is 0.0739. The van der Waals surface area contributed by atoms with Crippen molar-refractivity contribution in [2.45, 2.75) is 27.3 Å². The number of ether oxygens (including phenoxy) is 1. The zero-order valence-corrected chi connectivity index (χ0v) is 18.8. The van der Waals surface area contributed by atoms with Crippen molar-refractivity contribution >= 4 is 11.6 Å². The summed E-state index contributed by atoms with van der Waals surface area (Å²) in [4.78, 5) is 17.6. The quantitative estimate of drug-likeness (QED) is 0.632. The summed E-state index contributed by atoms with van der Waals surface area (Å²) in [6, 6.07) is 16.5. The van der Waals surface area contributed by atoms with E-state index in [1.807, 2.05) is 41.6 Å². The van der Waals surface area contributed by atoms with Crippen molar-refractivity contribution in [1.29, 1.82) is 0 Å². The first kappa shape index (κ1) is 21.0. The SMILES string of the molecule is COc1ccccc1N1CCN(C(=O)c2c(C)nn(Cc3ccc(C)cc3)c2C)CC1. The number of piperazine rings is 1. The molecule has 162 valence electrons. The van der Waals surface area contributed by atoms with Gasteiger partial charge >= 0.3 is 0 Å². The lowest BCUT2D eigenvalue weighted by Gasteiger charge is -2.36. The van der Waals surface area contributed by atoms with Crippen molar-refractivity contribution < 1.29 is 9.53 Å². The molecule has 0 N–H and O–H groups in total. The first-order valence-corrected chi connectivity index (χ1v) is 10.7. The molecule has 0 atom stereocenters. The Hall–Kier alpha value is -3.28. The highest BCUT2D eigenvalue weighted by Gasteiger charge is 2.27. The molecule has 1 aliphatic heterocycles. The number of hydrogen-bond acceptors (Lipinski definition) is 4. The van der Waals surface area contributed by atoms with Gasteiger partial charge in [-0.25, -0.2) is 0 Å². The molecule has 0 aliphatic carbocycles. The molecule has 1 aromatic heterocycles. The molecule has 2 heterocycles. The number of hydrogen-bond donors (Lipinski definition) is 0. The summed E-state index contributed by atoms with van der Waals surface area (Å²) >= 11 is 0. The second-order valence-corrected chi connectivity index (χ2v) is 8.14. The van der Waals surface area contributed by atoms with Gasteiger partial charge < -0.3 is 14.5 Å². The van der Waals surface area contributed by atoms with Gasteiger partial charge in [-0.15, -0.1) is 0 Å². The number of benzene rings is 2. The number of aryl methyl sites for hydroxylation is 2. The number of nitrogens with zero attached hydrogens (tertiary/aromatic N) is 4. The van der Waals surface area contributed by atoms with E-state index in [-0.39, 0.29) is 5.91 Å². The van der Waals surface area contributed by atoms with Gasteiger partial charge in [-0.3, -0.25) is 9.48 Å². The summed E-state index contributed by atoms with van der Waals surface area (Å²) in [5.41, 5.74) is 5.95. The predicted molar refractivity (Wildman–Crippen MR) is 123 cm³/mol. The van der Waals surface area contributed by atoms with Gasteiger partial charge in [0.15, 0.2) is 0 Å². The fourth-order valence-corrected chi connectivity index (χ4v) is 4.23. The van der Waals surface area contributed by atoms with Crippen molar-refractivity contribution in [3.63, 3.8) is 0 Å². The zero-order chi connectivity index (χ0) is 22.0. The topological polar surface area (TPSA) is 50.6 Å². The molecule has 1 amide bonds. The zero-order valence-electron chi connectivity index (χ0n) is 18.8. The Morgan fingerprint density at radius 1 is 0.968 bits per heavy atom. The molecule has 31 heavy (non-hydrogen) atoms. The molecular formula is C25H30N4O2. The summed E-state index contributed by atoms with van der Waals surface area (Å²) in [5.74, 6) is 0.941. The summed E-state index contributed by atoms with van der Waals surface area (Å²) < 4.78 is 7.44. The first-order valence-electron chi connectivity index (χ1n) is 10.7. The Bertz CT molecular complexity index is 1060. The number of rotatable bonds is 5. The number of carbonyl (C=O) groups excluding carboxylic acids is 1. The molecule has 6 heteroatoms. The fourth-order valence-electron chi connectivity index (χ4n) is 4.23. The highest BCUT2D eigenvalue weighted by atomic mass is 16.5. The molecule has 0 bridgehead atoms. The van der Waals surface area contributed by atoms with Gasteiger partial charge in [-0.1, -0.05) is 42.0 Å². The minimum absolute atomic E-state index is 0.0739. The van der Waals surface area contributed by atoms with Gasteiger partial charge in [0, 0.05) is 31.9 Å². The van der Waals surface area contributed by atoms with Crippen LogP contribution in [0.1, 0.15) is 32.9 Å². The number of amides is 1. The maximum Gasteiger partial charge on any atom is 0.257 e. The third-order valence-electron chi connectivity index (χ3n) is 6.04. The standard InChI is InChI=1S/C25H30N4O2/c1-18-9-11-21(12-10-18)17-29-20(3)24(19(2)26-29)25(30)28-15-13-27(14-16-28)22-7-5-6-8-23(22)31-4/h5-12H,13-17H2,1-4H3. The minimum Gasteiger partial charge on any atom is -0.495 e. The molecule has 0 radical (unpaired) electrons. The monoisotopic (exact) mass is 418 g/mol. The van der Waals surface area contributed by atoms with Crippen molar-refractivity contribution in [1.82, 2.24) is 14.7 Å². The molecular weight excluding hydrogens is 388 g/mol. The van der Waals surface area contributed by atoms with Crippen LogP contribution in [-0.4, -0.2) is 53.9 Å². The average molecular weight is 419 g/mol. The van der Waals surface area contributed by atoms with Crippen molar-refractivity contribution in [2.24, 2.45) is 0 Å². The third kappa shape index (κ3) is 4.29. The molecule has 0 spiro atoms. The van der Waals surface area contributed by atoms with E-state index in [4.69, 9.17) is 4.74 Å². The predicted octanol–water partition coefficient (Wildman–Crippen LogP) is 3.83. The van der Waals surface area contributed by atoms with E-state index in [2.05, 4.69) is 47.3 Å². The van der Waals surface area contributed by atoms with E-state index in [0.29, 0.717) is 19.6 Å². The Morgan fingerprint density at radius 2 is 1.65 bits per heavy atom. The van der Waals surface area contributed by atoms with Gasteiger partial charge in [0.05, 0.1) is 30.6 Å². The van der Waals surface area contributed by atoms with Crippen molar-refractivity contribution in [3.05, 3.63) is 76.6 Å². The van der Waals surface area contributed by atoms with E-state index in [1.54, 1.807) is 7.11 Å². The van der Waals surface area contributed by atoms with E-state index in [0.717, 1.165) is 41.5 Å². The van der Waals surface area contributed by atoms with Gasteiger partial charge in [-0.2, -0.15) is 5.10 Å². The number of carbonyl (C=O) groups is 1. The maximum absolute atomic E-state index is 13.3. The largest absolute Gasteiger partial charge is 0.495 e. The van der Waals surface area contributed by atoms with Crippen molar-refractivity contribution in [3.8, 4) is 5.75 Å². The first-order chi connectivity index (χ1) is 15.0. The summed E-state index contributed by atoms with van der Waals surface area (Å²) in [6.45, 7) is 9.59. The Kier molecular flexibility index (Phi) is 5.98. The third-order valence-corrected chi connectivity index (χ3v) is 6.04. The molecule has 1 fully saturated rings. The van der Waals surface area contributed by atoms with Crippen molar-refractivity contribution in [2.75, 3.05) is 38.2 Å². The van der Waals surface area contributed by atoms with Gasteiger partial charge in [0.1, 0.15) is 5.75 Å². The molecule has 3 aromatic rings. The second kappa shape index (κ2) is 8.84. The van der Waals surface area contributed by atoms with E-state index >= 15 is 0 Å². The Morgan fingerprint density at radius 3 is 2.32 bits per heavy atom. The van der Waals surface area contributed by atoms with Crippen LogP contribution >= 0.6 is 0 Å². The molecule has 0 saturated carbocycles. The summed E-state index contributed by atoms with van der Waals surface area (Å²) in [5, 5.41) is 4.67. The molecule has 1 aliphatic rings. The van der Waals surface area contributed by atoms with Crippen LogP contribution in [0.15, 0.2) is 48.5 Å². The van der Waals surface area contributed by atoms with Crippen LogP contribution in [0, 0.1) is 20.8 Å². The number of anilines is 1. The summed E-state index contributed by atoms with van der Waals surface area (Å²) in [6.07, 6.45) is 0. The lowest BCUT2D eigenvalue weighted by Crippen LogP contribution is -2.49. The van der Waals surface area contributed by atoms with Crippen LogP contribution in [0.2, 0.25) is 0 Å². The van der Waals surface area contributed by atoms with Crippen LogP contribution in [0.5, 0.6) is 5.75 Å². The van der Waals surface area contributed by atoms with Crippen LogP contribution in [0.25, 0.3) is 0 Å². The fraction of sp³-hybridized carbons (Fsp3) is 0.360. The van der Waals surface area contributed by atoms with Crippen LogP contribution < -0.4 is 9.64 Å². The normalized spacial score (nSPS) is 14.1. The average Bonchev–Trinajstić information content (AvgIpc) is 3.07. The van der Waals surface area contributed by atoms with Crippen LogP contribution in [-0.2, 0) is 6.54 Å². The van der Waals surface area contributed by atoms with Gasteiger partial charge in [0.25, 0.3) is 5.91 Å². The number of aromatic nitrogens is 2. The lowest BCUT2D eigenvalue weighted by atomic mass is 10.1. The summed E-state index contributed by atoms with van der Waals surface area (Å²) in [7, 11) is 1.69. The van der Waals surface area contributed by atoms with E-state index < -0.39 is 0 Å². The number of para-hydroxylation sites is 2. The molecule has 6 nitrogen and oxygen atoms in total. The molecule has 1 saturated heterocycles. The molecule has 4 rings (SSSR count). The highest BCUT2D eigenvalue weighted by molar-refractivity contribution is 5.96. The smallest absolute Gasteiger partial charge is 0.257 e. The highest BCUT2D eigenvalue weighted by Crippen LogP contribution is 2.29. The Balaban J connectivity index is 1.46. The molecule has 2 aromatic carbocycles. The second-order valence-electron chi connectivity index (χ2n) is 8.14. The van der Waals surface area contributed by atoms with Crippen LogP contribution in [0.3, 0.4) is 0 Å². The van der Waals surface area contributed by atoms with Gasteiger partial charge in [0.2, 0.25) is 0 Å². The van der Waals surface area contributed by atoms with E-state index in [9.17, 15) is 4.79 Å². The number of methoxy groups -OCH3 is 1. The maximum atomic E-state index is 13.3. The van der Waals surface area contributed by atoms with Crippen LogP contribution in [0.4, 0.5) is 5.69 Å².